The molecule has 0 aliphatic rings. The summed E-state index contributed by atoms with van der Waals surface area (Å²) in [6.07, 6.45) is 1.28. The number of rotatable bonds is 2. The van der Waals surface area contributed by atoms with E-state index in [1.54, 1.807) is 0 Å². The molecular weight excluding hydrogens is 202 g/mol. The maximum absolute atomic E-state index is 5.88. The molecule has 1 aromatic carbocycles. The summed E-state index contributed by atoms with van der Waals surface area (Å²) in [6.45, 7) is 0. The fourth-order valence-corrected chi connectivity index (χ4v) is 1.13. The van der Waals surface area contributed by atoms with Crippen LogP contribution in [-0.2, 0) is 0 Å². The minimum atomic E-state index is -0.306. The molecule has 1 atom stereocenters. The van der Waals surface area contributed by atoms with E-state index in [2.05, 4.69) is 14.7 Å². The molecule has 1 aromatic heterocycles. The molecule has 2 rings (SSSR count). The number of hydrogen-bond donors (Lipinski definition) is 1. The quantitative estimate of drug-likeness (QED) is 0.819. The number of aromatic nitrogens is 2. The van der Waals surface area contributed by atoms with Gasteiger partial charge >= 0.3 is 0 Å². The first-order valence-electron chi connectivity index (χ1n) is 3.95. The van der Waals surface area contributed by atoms with Crippen molar-refractivity contribution in [1.82, 2.24) is 10.1 Å². The molecule has 2 N–H and O–H groups in total. The molecule has 0 saturated heterocycles. The lowest BCUT2D eigenvalue weighted by Crippen LogP contribution is -2.13. The van der Waals surface area contributed by atoms with Gasteiger partial charge in [-0.25, -0.2) is 0 Å². The smallest absolute Gasteiger partial charge is 0.213 e. The Labute approximate surface area is 87.5 Å². The third-order valence-electron chi connectivity index (χ3n) is 1.82. The Morgan fingerprint density at radius 2 is 1.93 bits per heavy atom. The molecule has 4 nitrogen and oxygen atoms in total. The van der Waals surface area contributed by atoms with Gasteiger partial charge in [0.25, 0.3) is 0 Å². The average Bonchev–Trinajstić information content (AvgIpc) is 2.71. The van der Waals surface area contributed by atoms with Crippen molar-refractivity contribution in [2.24, 2.45) is 5.73 Å². The Hall–Kier alpha value is -1.39. The first-order valence-corrected chi connectivity index (χ1v) is 3.95. The van der Waals surface area contributed by atoms with Crippen molar-refractivity contribution >= 4 is 12.4 Å². The van der Waals surface area contributed by atoms with E-state index in [0.717, 1.165) is 5.56 Å². The highest BCUT2D eigenvalue weighted by Gasteiger charge is 2.12. The monoisotopic (exact) mass is 211 g/mol. The van der Waals surface area contributed by atoms with Crippen LogP contribution in [0.2, 0.25) is 0 Å². The van der Waals surface area contributed by atoms with Gasteiger partial charge in [-0.15, -0.1) is 12.4 Å². The van der Waals surface area contributed by atoms with Crippen molar-refractivity contribution in [2.45, 2.75) is 6.04 Å². The van der Waals surface area contributed by atoms with E-state index in [4.69, 9.17) is 5.73 Å². The van der Waals surface area contributed by atoms with E-state index < -0.39 is 0 Å². The number of nitrogens with zero attached hydrogens (tertiary/aromatic N) is 2. The summed E-state index contributed by atoms with van der Waals surface area (Å²) in [5.41, 5.74) is 6.85. The Morgan fingerprint density at radius 3 is 2.50 bits per heavy atom. The standard InChI is InChI=1S/C9H9N3O.ClH/c10-8(9-11-6-13-12-9)7-4-2-1-3-5-7;/h1-6,8H,10H2;1H. The first-order chi connectivity index (χ1) is 6.38. The summed E-state index contributed by atoms with van der Waals surface area (Å²) < 4.78 is 4.62. The van der Waals surface area contributed by atoms with Gasteiger partial charge in [-0.1, -0.05) is 35.5 Å². The largest absolute Gasteiger partial charge is 0.343 e. The summed E-state index contributed by atoms with van der Waals surface area (Å²) in [5.74, 6) is 0.506. The van der Waals surface area contributed by atoms with Crippen LogP contribution in [0.15, 0.2) is 41.2 Å². The molecule has 0 saturated carbocycles. The van der Waals surface area contributed by atoms with Crippen LogP contribution in [0.1, 0.15) is 17.4 Å². The molecule has 5 heteroatoms. The molecule has 0 aliphatic carbocycles. The highest BCUT2D eigenvalue weighted by Crippen LogP contribution is 2.14. The second-order valence-electron chi connectivity index (χ2n) is 2.68. The Morgan fingerprint density at radius 1 is 1.21 bits per heavy atom. The van der Waals surface area contributed by atoms with Crippen molar-refractivity contribution in [3.63, 3.8) is 0 Å². The summed E-state index contributed by atoms with van der Waals surface area (Å²) in [4.78, 5) is 3.89. The lowest BCUT2D eigenvalue weighted by atomic mass is 10.1. The van der Waals surface area contributed by atoms with Crippen LogP contribution in [0.3, 0.4) is 0 Å². The van der Waals surface area contributed by atoms with Gasteiger partial charge in [-0.05, 0) is 5.56 Å². The van der Waals surface area contributed by atoms with Gasteiger partial charge in [0.15, 0.2) is 5.82 Å². The van der Waals surface area contributed by atoms with Gasteiger partial charge in [0.2, 0.25) is 6.39 Å². The minimum Gasteiger partial charge on any atom is -0.343 e. The number of benzene rings is 1. The minimum absolute atomic E-state index is 0. The summed E-state index contributed by atoms with van der Waals surface area (Å²) in [5, 5.41) is 3.68. The van der Waals surface area contributed by atoms with Crippen LogP contribution in [0.5, 0.6) is 0 Å². The second kappa shape index (κ2) is 4.74. The van der Waals surface area contributed by atoms with Crippen molar-refractivity contribution < 1.29 is 4.52 Å². The molecular formula is C9H10ClN3O. The van der Waals surface area contributed by atoms with Crippen LogP contribution >= 0.6 is 12.4 Å². The third-order valence-corrected chi connectivity index (χ3v) is 1.82. The fraction of sp³-hybridized carbons (Fsp3) is 0.111. The van der Waals surface area contributed by atoms with Crippen LogP contribution in [0, 0.1) is 0 Å². The second-order valence-corrected chi connectivity index (χ2v) is 2.68. The van der Waals surface area contributed by atoms with Crippen LogP contribution in [0.4, 0.5) is 0 Å². The zero-order chi connectivity index (χ0) is 9.10. The highest BCUT2D eigenvalue weighted by atomic mass is 35.5. The number of hydrogen-bond acceptors (Lipinski definition) is 4. The number of halogens is 1. The Bertz CT molecular complexity index is 363. The van der Waals surface area contributed by atoms with E-state index >= 15 is 0 Å². The van der Waals surface area contributed by atoms with E-state index in [9.17, 15) is 0 Å². The molecule has 0 fully saturated rings. The third kappa shape index (κ3) is 2.10. The Balaban J connectivity index is 0.000000980. The Kier molecular flexibility index (Phi) is 3.62. The van der Waals surface area contributed by atoms with Crippen LogP contribution < -0.4 is 5.73 Å². The summed E-state index contributed by atoms with van der Waals surface area (Å²) in [7, 11) is 0. The molecule has 74 valence electrons. The lowest BCUT2D eigenvalue weighted by Gasteiger charge is -2.05. The molecule has 0 radical (unpaired) electrons. The van der Waals surface area contributed by atoms with E-state index in [-0.39, 0.29) is 18.4 Å². The highest BCUT2D eigenvalue weighted by molar-refractivity contribution is 5.85. The van der Waals surface area contributed by atoms with Gasteiger partial charge in [0, 0.05) is 0 Å². The van der Waals surface area contributed by atoms with Gasteiger partial charge in [0.05, 0.1) is 6.04 Å². The molecule has 2 aromatic rings. The lowest BCUT2D eigenvalue weighted by molar-refractivity contribution is 0.407. The predicted molar refractivity (Wildman–Crippen MR) is 54.0 cm³/mol. The molecule has 0 bridgehead atoms. The molecule has 0 amide bonds. The van der Waals surface area contributed by atoms with Gasteiger partial charge in [-0.2, -0.15) is 4.98 Å². The molecule has 0 aliphatic heterocycles. The van der Waals surface area contributed by atoms with Gasteiger partial charge in [0.1, 0.15) is 0 Å². The van der Waals surface area contributed by atoms with Crippen molar-refractivity contribution in [1.29, 1.82) is 0 Å². The molecule has 14 heavy (non-hydrogen) atoms. The first kappa shape index (κ1) is 10.7. The summed E-state index contributed by atoms with van der Waals surface area (Å²) >= 11 is 0. The zero-order valence-corrected chi connectivity index (χ0v) is 8.15. The van der Waals surface area contributed by atoms with E-state index in [0.29, 0.717) is 5.82 Å². The van der Waals surface area contributed by atoms with Crippen molar-refractivity contribution in [2.75, 3.05) is 0 Å². The molecule has 1 heterocycles. The SMILES string of the molecule is Cl.NC(c1ccccc1)c1ncon1. The van der Waals surface area contributed by atoms with E-state index in [1.807, 2.05) is 30.3 Å². The van der Waals surface area contributed by atoms with E-state index in [1.165, 1.54) is 6.39 Å². The topological polar surface area (TPSA) is 64.9 Å². The van der Waals surface area contributed by atoms with Crippen LogP contribution in [-0.4, -0.2) is 10.1 Å². The average molecular weight is 212 g/mol. The van der Waals surface area contributed by atoms with Crippen molar-refractivity contribution in [3.05, 3.63) is 48.1 Å². The molecule has 1 unspecified atom stereocenters. The van der Waals surface area contributed by atoms with Gasteiger partial charge in [-0.3, -0.25) is 0 Å². The van der Waals surface area contributed by atoms with Crippen LogP contribution in [0.25, 0.3) is 0 Å². The van der Waals surface area contributed by atoms with Crippen molar-refractivity contribution in [3.8, 4) is 0 Å². The fourth-order valence-electron chi connectivity index (χ4n) is 1.13. The normalized spacial score (nSPS) is 11.8. The molecule has 0 spiro atoms. The maximum atomic E-state index is 5.88. The maximum Gasteiger partial charge on any atom is 0.213 e. The summed E-state index contributed by atoms with van der Waals surface area (Å²) in [6, 6.07) is 9.35. The van der Waals surface area contributed by atoms with Gasteiger partial charge < -0.3 is 10.3 Å². The number of nitrogens with two attached hydrogens (primary N) is 1. The zero-order valence-electron chi connectivity index (χ0n) is 7.33. The predicted octanol–water partition coefficient (Wildman–Crippen LogP) is 1.54.